The molecule has 42 heavy (non-hydrogen) atoms. The first-order valence-electron chi connectivity index (χ1n) is 15.0. The normalized spacial score (nSPS) is 14.0. The van der Waals surface area contributed by atoms with Crippen molar-refractivity contribution in [1.82, 2.24) is 4.98 Å². The van der Waals surface area contributed by atoms with Crippen LogP contribution in [0.5, 0.6) is 0 Å². The lowest BCUT2D eigenvalue weighted by Gasteiger charge is -2.22. The van der Waals surface area contributed by atoms with Crippen molar-refractivity contribution in [3.8, 4) is 11.1 Å². The van der Waals surface area contributed by atoms with E-state index in [9.17, 15) is 14.0 Å². The molecule has 0 bridgehead atoms. The standard InChI is InChI=1S/C26H26FNO2.C11H12O/c1-4-30-26(29)24-23(18-9-12-20(27)13-10-18)21-15-19-8-6-5-7-17(19)11-14-22(21)28-25(24)16(2)3;12-11-7-5-9-3-1-2-4-10(9)6-8-11/h5-10,12-13,16H,4,11,14-15H2,1-3H3;1-4H,5-8H2. The monoisotopic (exact) mass is 563 g/mol. The molecular weight excluding hydrogens is 525 g/mol. The second-order valence-corrected chi connectivity index (χ2v) is 11.3. The topological polar surface area (TPSA) is 56.3 Å². The number of aromatic nitrogens is 1. The smallest absolute Gasteiger partial charge is 0.340 e. The first-order chi connectivity index (χ1) is 20.4. The Morgan fingerprint density at radius 2 is 1.36 bits per heavy atom. The molecule has 1 heterocycles. The van der Waals surface area contributed by atoms with E-state index in [2.05, 4.69) is 42.5 Å². The van der Waals surface area contributed by atoms with E-state index in [1.807, 2.05) is 19.9 Å². The maximum absolute atomic E-state index is 13.7. The fraction of sp³-hybridized carbons (Fsp3) is 0.324. The van der Waals surface area contributed by atoms with E-state index < -0.39 is 0 Å². The first kappa shape index (κ1) is 29.4. The molecule has 0 amide bonds. The second kappa shape index (κ2) is 13.2. The van der Waals surface area contributed by atoms with Crippen LogP contribution in [0.4, 0.5) is 4.39 Å². The first-order valence-corrected chi connectivity index (χ1v) is 15.0. The van der Waals surface area contributed by atoms with Gasteiger partial charge in [-0.15, -0.1) is 0 Å². The maximum Gasteiger partial charge on any atom is 0.340 e. The van der Waals surface area contributed by atoms with E-state index in [-0.39, 0.29) is 17.7 Å². The van der Waals surface area contributed by atoms with Crippen LogP contribution in [0.3, 0.4) is 0 Å². The van der Waals surface area contributed by atoms with E-state index in [0.717, 1.165) is 66.6 Å². The van der Waals surface area contributed by atoms with Gasteiger partial charge in [0.25, 0.3) is 0 Å². The molecule has 2 aliphatic carbocycles. The molecule has 4 aromatic rings. The Labute approximate surface area is 248 Å². The number of nitrogens with zero attached hydrogens (tertiary/aromatic N) is 1. The highest BCUT2D eigenvalue weighted by Crippen LogP contribution is 2.38. The van der Waals surface area contributed by atoms with Gasteiger partial charge in [-0.2, -0.15) is 0 Å². The Morgan fingerprint density at radius 3 is 1.93 bits per heavy atom. The predicted octanol–water partition coefficient (Wildman–Crippen LogP) is 8.01. The lowest BCUT2D eigenvalue weighted by molar-refractivity contribution is -0.118. The number of carbonyl (C=O) groups excluding carboxylic acids is 2. The van der Waals surface area contributed by atoms with Crippen molar-refractivity contribution in [2.45, 2.75) is 71.6 Å². The van der Waals surface area contributed by atoms with Crippen LogP contribution in [0.25, 0.3) is 11.1 Å². The second-order valence-electron chi connectivity index (χ2n) is 11.3. The van der Waals surface area contributed by atoms with Crippen LogP contribution in [0.15, 0.2) is 72.8 Å². The molecule has 0 saturated carbocycles. The third-order valence-electron chi connectivity index (χ3n) is 8.15. The van der Waals surface area contributed by atoms with Crippen molar-refractivity contribution in [3.05, 3.63) is 123 Å². The molecule has 0 saturated heterocycles. The number of hydrogen-bond acceptors (Lipinski definition) is 4. The molecule has 1 aromatic heterocycles. The van der Waals surface area contributed by atoms with Crippen LogP contribution in [-0.4, -0.2) is 23.3 Å². The molecule has 4 nitrogen and oxygen atoms in total. The summed E-state index contributed by atoms with van der Waals surface area (Å²) in [4.78, 5) is 29.3. The molecule has 0 aliphatic heterocycles. The van der Waals surface area contributed by atoms with E-state index in [1.165, 1.54) is 34.4 Å². The fourth-order valence-electron chi connectivity index (χ4n) is 5.99. The summed E-state index contributed by atoms with van der Waals surface area (Å²) in [6.45, 7) is 6.17. The van der Waals surface area contributed by atoms with Crippen LogP contribution in [-0.2, 0) is 41.6 Å². The Bertz CT molecular complexity index is 1560. The summed E-state index contributed by atoms with van der Waals surface area (Å²) in [5.74, 6) is -0.204. The molecule has 2 aliphatic rings. The van der Waals surface area contributed by atoms with Gasteiger partial charge in [0.1, 0.15) is 11.6 Å². The molecule has 216 valence electrons. The lowest BCUT2D eigenvalue weighted by Crippen LogP contribution is -2.17. The van der Waals surface area contributed by atoms with Gasteiger partial charge in [0.05, 0.1) is 17.9 Å². The minimum atomic E-state index is -0.367. The Hall–Kier alpha value is -4.12. The van der Waals surface area contributed by atoms with Crippen LogP contribution in [0.2, 0.25) is 0 Å². The minimum absolute atomic E-state index is 0.0551. The van der Waals surface area contributed by atoms with Gasteiger partial charge in [-0.3, -0.25) is 9.78 Å². The largest absolute Gasteiger partial charge is 0.462 e. The fourth-order valence-corrected chi connectivity index (χ4v) is 5.99. The molecule has 0 fully saturated rings. The van der Waals surface area contributed by atoms with Crippen molar-refractivity contribution in [2.75, 3.05) is 6.61 Å². The molecule has 0 spiro atoms. The molecule has 3 aromatic carbocycles. The molecular formula is C37H38FNO3. The average molecular weight is 564 g/mol. The van der Waals surface area contributed by atoms with E-state index in [4.69, 9.17) is 9.72 Å². The van der Waals surface area contributed by atoms with Crippen molar-refractivity contribution in [2.24, 2.45) is 0 Å². The summed E-state index contributed by atoms with van der Waals surface area (Å²) in [5, 5.41) is 0. The SMILES string of the molecule is CCOC(=O)c1c(C(C)C)nc2c(c1-c1ccc(F)cc1)Cc1ccccc1CC2.O=C1CCc2ccccc2CC1. The molecule has 0 unspecified atom stereocenters. The summed E-state index contributed by atoms with van der Waals surface area (Å²) in [7, 11) is 0. The number of hydrogen-bond donors (Lipinski definition) is 0. The zero-order valence-electron chi connectivity index (χ0n) is 24.7. The van der Waals surface area contributed by atoms with Gasteiger partial charge < -0.3 is 4.74 Å². The van der Waals surface area contributed by atoms with Gasteiger partial charge in [0.2, 0.25) is 0 Å². The molecule has 6 rings (SSSR count). The highest BCUT2D eigenvalue weighted by molar-refractivity contribution is 6.00. The number of halogens is 1. The van der Waals surface area contributed by atoms with Gasteiger partial charge in [0.15, 0.2) is 0 Å². The third kappa shape index (κ3) is 6.51. The van der Waals surface area contributed by atoms with Gasteiger partial charge >= 0.3 is 5.97 Å². The predicted molar refractivity (Wildman–Crippen MR) is 164 cm³/mol. The van der Waals surface area contributed by atoms with Gasteiger partial charge in [-0.1, -0.05) is 74.5 Å². The number of ether oxygens (including phenoxy) is 1. The van der Waals surface area contributed by atoms with Crippen molar-refractivity contribution >= 4 is 11.8 Å². The summed E-state index contributed by atoms with van der Waals surface area (Å²) in [6.07, 6.45) is 5.76. The number of aryl methyl sites for hydroxylation is 4. The zero-order valence-corrected chi connectivity index (χ0v) is 24.7. The van der Waals surface area contributed by atoms with Crippen molar-refractivity contribution in [3.63, 3.8) is 0 Å². The van der Waals surface area contributed by atoms with Crippen molar-refractivity contribution < 1.29 is 18.7 Å². The number of rotatable bonds is 4. The van der Waals surface area contributed by atoms with Crippen LogP contribution >= 0.6 is 0 Å². The minimum Gasteiger partial charge on any atom is -0.462 e. The Kier molecular flexibility index (Phi) is 9.26. The third-order valence-corrected chi connectivity index (χ3v) is 8.15. The van der Waals surface area contributed by atoms with Gasteiger partial charge in [-0.05, 0) is 84.0 Å². The van der Waals surface area contributed by atoms with E-state index in [1.54, 1.807) is 19.1 Å². The van der Waals surface area contributed by atoms with Crippen LogP contribution in [0.1, 0.15) is 89.1 Å². The summed E-state index contributed by atoms with van der Waals surface area (Å²) in [6, 6.07) is 23.1. The number of ketones is 1. The summed E-state index contributed by atoms with van der Waals surface area (Å²) in [5.41, 5.74) is 10.2. The number of Topliss-reactive ketones (excluding diaryl/α,β-unsaturated/α-hetero) is 1. The average Bonchev–Trinajstić information content (AvgIpc) is 3.31. The summed E-state index contributed by atoms with van der Waals surface area (Å²) >= 11 is 0. The number of pyridine rings is 1. The van der Waals surface area contributed by atoms with Crippen LogP contribution < -0.4 is 0 Å². The number of carbonyl (C=O) groups is 2. The quantitative estimate of drug-likeness (QED) is 0.186. The Morgan fingerprint density at radius 1 is 0.810 bits per heavy atom. The molecule has 5 heteroatoms. The number of benzene rings is 3. The van der Waals surface area contributed by atoms with Gasteiger partial charge in [-0.25, -0.2) is 9.18 Å². The zero-order chi connectivity index (χ0) is 29.6. The molecule has 0 atom stereocenters. The molecule has 0 radical (unpaired) electrons. The Balaban J connectivity index is 0.000000244. The number of fused-ring (bicyclic) bond motifs is 3. The number of esters is 1. The van der Waals surface area contributed by atoms with Crippen molar-refractivity contribution in [1.29, 1.82) is 0 Å². The lowest BCUT2D eigenvalue weighted by atomic mass is 9.87. The van der Waals surface area contributed by atoms with Crippen LogP contribution in [0, 0.1) is 5.82 Å². The highest BCUT2D eigenvalue weighted by atomic mass is 19.1. The maximum atomic E-state index is 13.7. The van der Waals surface area contributed by atoms with E-state index in [0.29, 0.717) is 24.4 Å². The van der Waals surface area contributed by atoms with E-state index >= 15 is 0 Å². The summed E-state index contributed by atoms with van der Waals surface area (Å²) < 4.78 is 19.1. The van der Waals surface area contributed by atoms with Gasteiger partial charge in [0, 0.05) is 30.5 Å². The highest BCUT2D eigenvalue weighted by Gasteiger charge is 2.29. The molecule has 0 N–H and O–H groups in total.